The Balaban J connectivity index is 0.951. The monoisotopic (exact) mass is 1120 g/mol. The highest BCUT2D eigenvalue weighted by atomic mass is 16.6. The first-order valence-corrected chi connectivity index (χ1v) is 29.0. The molecule has 0 aliphatic heterocycles. The molecule has 3 aromatic rings. The Morgan fingerprint density at radius 1 is 0.753 bits per heavy atom. The van der Waals surface area contributed by atoms with Gasteiger partial charge in [-0.3, -0.25) is 24.5 Å². The molecule has 2 saturated carbocycles. The number of imide groups is 1. The smallest absolute Gasteiger partial charge is 0.415 e. The Bertz CT molecular complexity index is 2770. The van der Waals surface area contributed by atoms with Crippen LogP contribution in [0.2, 0.25) is 0 Å². The first-order valence-electron chi connectivity index (χ1n) is 29.0. The maximum atomic E-state index is 14.8. The molecule has 7 amide bonds. The first-order chi connectivity index (χ1) is 38.4. The summed E-state index contributed by atoms with van der Waals surface area (Å²) in [5.74, 6) is -0.906. The fraction of sp³-hybridized carbons (Fsp3) is 0.597. The summed E-state index contributed by atoms with van der Waals surface area (Å²) in [4.78, 5) is 97.0. The molecule has 0 spiro atoms. The lowest BCUT2D eigenvalue weighted by atomic mass is 9.49. The maximum Gasteiger partial charge on any atom is 0.415 e. The van der Waals surface area contributed by atoms with Gasteiger partial charge in [0, 0.05) is 45.3 Å². The molecule has 442 valence electrons. The highest BCUT2D eigenvalue weighted by Gasteiger charge is 2.58. The summed E-state index contributed by atoms with van der Waals surface area (Å²) in [7, 11) is 1.56. The van der Waals surface area contributed by atoms with Crippen molar-refractivity contribution in [1.29, 1.82) is 0 Å². The number of hydrogen-bond acceptors (Lipinski definition) is 13. The van der Waals surface area contributed by atoms with Crippen LogP contribution in [0.1, 0.15) is 139 Å². The van der Waals surface area contributed by atoms with Crippen LogP contribution in [-0.2, 0) is 65.4 Å². The molecule has 4 aliphatic rings. The third-order valence-corrected chi connectivity index (χ3v) is 18.7. The van der Waals surface area contributed by atoms with Crippen molar-refractivity contribution in [2.24, 2.45) is 40.1 Å². The minimum absolute atomic E-state index is 0.0160. The summed E-state index contributed by atoms with van der Waals surface area (Å²) in [6.45, 7) is 12.6. The van der Waals surface area contributed by atoms with Crippen LogP contribution in [0.15, 0.2) is 60.7 Å². The second kappa shape index (κ2) is 26.6. The number of hydrogen-bond donors (Lipinski definition) is 7. The summed E-state index contributed by atoms with van der Waals surface area (Å²) in [5.41, 5.74) is 22.0. The summed E-state index contributed by atoms with van der Waals surface area (Å²) in [5, 5.41) is 17.6. The number of amides is 7. The standard InChI is InChI=1S/C62H88N8O11/c1-39(2)52(64)53(73)67-48(11-8-28-66-56(65)76)49(72)35-40-12-14-41(15-13-40)38-80-57(77)69(7)29-30-70(31-33-79-34-32-71)58(78)81-45-21-17-43-19-23-51-60(4,47(43)37-45)25-10-27-62(51,6)55(75)68-54(74)61(5)26-9-24-59(3)46-36-44(63)20-16-42(46)18-22-50(59)61/h12-17,20-21,36-37,39,48,50-52,71H,8-11,18-19,22-35,38,63-64H2,1-7H3,(H,67,73)(H3,65,66,76)(H,68,74,75)/t48-,50+,51+,52-,59+,60+,61-,62-/m0/s1. The zero-order chi connectivity index (χ0) is 58.9. The Labute approximate surface area is 477 Å². The molecular weight excluding hydrogens is 1030 g/mol. The highest BCUT2D eigenvalue weighted by molar-refractivity contribution is 6.01. The van der Waals surface area contributed by atoms with Gasteiger partial charge in [-0.1, -0.05) is 90.8 Å². The van der Waals surface area contributed by atoms with Crippen LogP contribution in [0.3, 0.4) is 0 Å². The molecule has 19 nitrogen and oxygen atoms in total. The van der Waals surface area contributed by atoms with E-state index in [1.165, 1.54) is 20.9 Å². The van der Waals surface area contributed by atoms with Gasteiger partial charge in [-0.15, -0.1) is 0 Å². The van der Waals surface area contributed by atoms with Gasteiger partial charge in [0.15, 0.2) is 5.78 Å². The van der Waals surface area contributed by atoms with E-state index in [2.05, 4.69) is 48.9 Å². The zero-order valence-electron chi connectivity index (χ0n) is 48.7. The number of fused-ring (bicyclic) bond motifs is 6. The van der Waals surface area contributed by atoms with Crippen LogP contribution in [0.4, 0.5) is 20.1 Å². The van der Waals surface area contributed by atoms with E-state index in [4.69, 9.17) is 31.4 Å². The second-order valence-electron chi connectivity index (χ2n) is 24.5. The third kappa shape index (κ3) is 14.2. The number of carbonyl (C=O) groups is 7. The summed E-state index contributed by atoms with van der Waals surface area (Å²) in [6.07, 6.45) is 7.42. The van der Waals surface area contributed by atoms with Gasteiger partial charge in [0.2, 0.25) is 17.7 Å². The van der Waals surface area contributed by atoms with Gasteiger partial charge >= 0.3 is 18.2 Å². The number of ketones is 1. The molecule has 81 heavy (non-hydrogen) atoms. The lowest BCUT2D eigenvalue weighted by Crippen LogP contribution is -2.60. The predicted molar refractivity (Wildman–Crippen MR) is 308 cm³/mol. The van der Waals surface area contributed by atoms with Crippen LogP contribution in [0.25, 0.3) is 0 Å². The molecule has 7 rings (SSSR count). The topological polar surface area (TPSA) is 288 Å². The SMILES string of the molecule is CC(C)[C@H](N)C(=O)N[C@@H](CCCNC(N)=O)C(=O)Cc1ccc(COC(=O)N(C)CCN(CCOCCO)C(=O)Oc2ccc3c(c2)[C@@]2(C)CCC[C@](C)(C(=O)NC(=O)[C@@]4(C)CCC[C@]5(C)c6cc(N)ccc6CC[C@@H]45)[C@@H]2CC3)cc1. The van der Waals surface area contributed by atoms with Gasteiger partial charge in [-0.2, -0.15) is 0 Å². The first kappa shape index (κ1) is 62.0. The Hall–Kier alpha value is -6.57. The van der Waals surface area contributed by atoms with Crippen LogP contribution < -0.4 is 37.9 Å². The van der Waals surface area contributed by atoms with E-state index in [9.17, 15) is 38.7 Å². The number of nitrogens with one attached hydrogen (secondary N) is 3. The molecule has 0 aromatic heterocycles. The van der Waals surface area contributed by atoms with E-state index in [-0.39, 0.29) is 106 Å². The lowest BCUT2D eigenvalue weighted by Gasteiger charge is -2.56. The van der Waals surface area contributed by atoms with Gasteiger partial charge in [-0.05, 0) is 150 Å². The molecular formula is C62H88N8O11. The number of ether oxygens (including phenoxy) is 3. The van der Waals surface area contributed by atoms with Crippen LogP contribution >= 0.6 is 0 Å². The average molecular weight is 1120 g/mol. The highest BCUT2D eigenvalue weighted by Crippen LogP contribution is 2.60. The number of Topliss-reactive ketones (excluding diaryl/α,β-unsaturated/α-hetero) is 1. The molecule has 3 aromatic carbocycles. The quantitative estimate of drug-likeness (QED) is 0.0295. The summed E-state index contributed by atoms with van der Waals surface area (Å²) in [6, 6.07) is 16.6. The fourth-order valence-electron chi connectivity index (χ4n) is 13.8. The van der Waals surface area contributed by atoms with Crippen molar-refractivity contribution in [2.45, 2.75) is 155 Å². The fourth-order valence-corrected chi connectivity index (χ4v) is 13.8. The number of aliphatic hydroxyl groups is 1. The van der Waals surface area contributed by atoms with Crippen LogP contribution in [0.5, 0.6) is 5.75 Å². The van der Waals surface area contributed by atoms with E-state index >= 15 is 0 Å². The molecule has 0 saturated heterocycles. The number of rotatable bonds is 23. The van der Waals surface area contributed by atoms with Gasteiger partial charge in [-0.25, -0.2) is 14.4 Å². The molecule has 4 aliphatic carbocycles. The number of urea groups is 1. The molecule has 10 N–H and O–H groups in total. The molecule has 8 atom stereocenters. The van der Waals surface area contributed by atoms with Crippen molar-refractivity contribution in [3.05, 3.63) is 94.0 Å². The zero-order valence-corrected chi connectivity index (χ0v) is 48.7. The Morgan fingerprint density at radius 3 is 1.94 bits per heavy atom. The molecule has 0 bridgehead atoms. The number of aliphatic hydroxyl groups excluding tert-OH is 1. The van der Waals surface area contributed by atoms with Gasteiger partial charge < -0.3 is 57.0 Å². The van der Waals surface area contributed by atoms with Crippen molar-refractivity contribution in [2.75, 3.05) is 58.8 Å². The maximum absolute atomic E-state index is 14.8. The minimum Gasteiger partial charge on any atom is -0.445 e. The van der Waals surface area contributed by atoms with E-state index in [0.717, 1.165) is 68.2 Å². The van der Waals surface area contributed by atoms with E-state index in [0.29, 0.717) is 36.1 Å². The molecule has 19 heteroatoms. The number of aryl methyl sites for hydroxylation is 2. The predicted octanol–water partition coefficient (Wildman–Crippen LogP) is 6.74. The molecule has 2 fully saturated rings. The molecule has 0 radical (unpaired) electrons. The van der Waals surface area contributed by atoms with Crippen LogP contribution in [-0.4, -0.2) is 122 Å². The third-order valence-electron chi connectivity index (χ3n) is 18.7. The second-order valence-corrected chi connectivity index (χ2v) is 24.5. The van der Waals surface area contributed by atoms with E-state index < -0.39 is 52.5 Å². The Kier molecular flexibility index (Phi) is 20.3. The number of nitrogens with two attached hydrogens (primary N) is 3. The van der Waals surface area contributed by atoms with Crippen LogP contribution in [0, 0.1) is 28.6 Å². The minimum atomic E-state index is -0.831. The number of anilines is 1. The van der Waals surface area contributed by atoms with Gasteiger partial charge in [0.25, 0.3) is 0 Å². The van der Waals surface area contributed by atoms with Crippen molar-refractivity contribution < 1.29 is 52.9 Å². The lowest BCUT2D eigenvalue weighted by molar-refractivity contribution is -0.150. The largest absolute Gasteiger partial charge is 0.445 e. The van der Waals surface area contributed by atoms with E-state index in [1.54, 1.807) is 37.4 Å². The van der Waals surface area contributed by atoms with Gasteiger partial charge in [0.1, 0.15) is 12.4 Å². The van der Waals surface area contributed by atoms with Crippen molar-refractivity contribution in [3.63, 3.8) is 0 Å². The van der Waals surface area contributed by atoms with Crippen molar-refractivity contribution in [1.82, 2.24) is 25.8 Å². The number of primary amides is 1. The number of carbonyl (C=O) groups excluding carboxylic acids is 7. The average Bonchev–Trinajstić information content (AvgIpc) is 3.59. The number of likely N-dealkylation sites (N-methyl/N-ethyl adjacent to an activating group) is 1. The Morgan fingerprint density at radius 2 is 1.35 bits per heavy atom. The van der Waals surface area contributed by atoms with Gasteiger partial charge in [0.05, 0.1) is 42.7 Å². The number of benzene rings is 3. The normalized spacial score (nSPS) is 24.4. The van der Waals surface area contributed by atoms with Crippen molar-refractivity contribution >= 4 is 47.4 Å². The van der Waals surface area contributed by atoms with E-state index in [1.807, 2.05) is 39.0 Å². The van der Waals surface area contributed by atoms with Crippen molar-refractivity contribution in [3.8, 4) is 5.75 Å². The summed E-state index contributed by atoms with van der Waals surface area (Å²) < 4.78 is 17.2. The summed E-state index contributed by atoms with van der Waals surface area (Å²) >= 11 is 0. The molecule has 0 unspecified atom stereocenters. The number of nitrogen functional groups attached to an aromatic ring is 1. The number of nitrogens with zero attached hydrogens (tertiary/aromatic N) is 2. The molecule has 0 heterocycles.